The Morgan fingerprint density at radius 3 is 2.47 bits per heavy atom. The number of piperazine rings is 1. The van der Waals surface area contributed by atoms with E-state index in [-0.39, 0.29) is 5.91 Å². The molecule has 1 radical (unpaired) electrons. The first-order valence-electron chi connectivity index (χ1n) is 5.91. The van der Waals surface area contributed by atoms with Crippen LogP contribution in [0.4, 0.5) is 0 Å². The zero-order chi connectivity index (χ0) is 12.5. The van der Waals surface area contributed by atoms with Gasteiger partial charge in [-0.3, -0.25) is 9.48 Å². The smallest absolute Gasteiger partial charge is 0.250 e. The van der Waals surface area contributed by atoms with Crippen molar-refractivity contribution in [2.24, 2.45) is 0 Å². The molecule has 2 rings (SSSR count). The Labute approximate surface area is 102 Å². The highest BCUT2D eigenvalue weighted by Gasteiger charge is 2.35. The highest BCUT2D eigenvalue weighted by atomic mass is 16.2. The zero-order valence-corrected chi connectivity index (χ0v) is 10.7. The van der Waals surface area contributed by atoms with Crippen molar-refractivity contribution in [1.29, 1.82) is 0 Å². The van der Waals surface area contributed by atoms with Crippen molar-refractivity contribution in [3.63, 3.8) is 0 Å². The summed E-state index contributed by atoms with van der Waals surface area (Å²) in [7, 11) is 2.08. The largest absolute Gasteiger partial charge is 0.338 e. The fourth-order valence-corrected chi connectivity index (χ4v) is 2.03. The molecule has 0 N–H and O–H groups in total. The van der Waals surface area contributed by atoms with Crippen LogP contribution in [0.25, 0.3) is 0 Å². The summed E-state index contributed by atoms with van der Waals surface area (Å²) in [5.74, 6) is 0.128. The first kappa shape index (κ1) is 12.1. The van der Waals surface area contributed by atoms with Gasteiger partial charge in [0, 0.05) is 38.4 Å². The Bertz CT molecular complexity index is 377. The van der Waals surface area contributed by atoms with Crippen molar-refractivity contribution in [2.45, 2.75) is 19.4 Å². The summed E-state index contributed by atoms with van der Waals surface area (Å²) in [5.41, 5.74) is -0.629. The minimum absolute atomic E-state index is 0.128. The van der Waals surface area contributed by atoms with Crippen molar-refractivity contribution in [3.8, 4) is 0 Å². The van der Waals surface area contributed by atoms with Crippen molar-refractivity contribution in [1.82, 2.24) is 19.6 Å². The van der Waals surface area contributed by atoms with E-state index >= 15 is 0 Å². The standard InChI is InChI=1S/C12H19N4O/c1-12(2,16-6-4-5-13-16)11(17)15-9-7-14(3)8-10-15/h5-6H,7-10H2,1-3H3. The number of amides is 1. The number of hydrogen-bond acceptors (Lipinski definition) is 3. The second-order valence-electron chi connectivity index (χ2n) is 5.04. The predicted molar refractivity (Wildman–Crippen MR) is 64.5 cm³/mol. The molecule has 1 aliphatic rings. The first-order valence-corrected chi connectivity index (χ1v) is 5.91. The molecular weight excluding hydrogens is 216 g/mol. The molecule has 5 nitrogen and oxygen atoms in total. The lowest BCUT2D eigenvalue weighted by Crippen LogP contribution is -2.54. The fraction of sp³-hybridized carbons (Fsp3) is 0.667. The minimum Gasteiger partial charge on any atom is -0.338 e. The maximum absolute atomic E-state index is 12.5. The van der Waals surface area contributed by atoms with Gasteiger partial charge in [0.05, 0.1) is 6.20 Å². The second kappa shape index (κ2) is 4.49. The van der Waals surface area contributed by atoms with Gasteiger partial charge in [-0.05, 0) is 20.9 Å². The van der Waals surface area contributed by atoms with E-state index in [9.17, 15) is 4.79 Å². The molecule has 0 saturated carbocycles. The highest BCUT2D eigenvalue weighted by Crippen LogP contribution is 2.18. The van der Waals surface area contributed by atoms with E-state index in [0.717, 1.165) is 26.2 Å². The number of carbonyl (C=O) groups excluding carboxylic acids is 1. The molecule has 1 saturated heterocycles. The van der Waals surface area contributed by atoms with Crippen LogP contribution >= 0.6 is 0 Å². The summed E-state index contributed by atoms with van der Waals surface area (Å²) in [6, 6.07) is 2.87. The van der Waals surface area contributed by atoms with E-state index in [1.807, 2.05) is 18.7 Å². The quantitative estimate of drug-likeness (QED) is 0.735. The third-order valence-electron chi connectivity index (χ3n) is 3.34. The van der Waals surface area contributed by atoms with Gasteiger partial charge in [-0.2, -0.15) is 5.10 Å². The average molecular weight is 235 g/mol. The van der Waals surface area contributed by atoms with Crippen molar-refractivity contribution < 1.29 is 4.79 Å². The van der Waals surface area contributed by atoms with Gasteiger partial charge in [-0.1, -0.05) is 0 Å². The number of aromatic nitrogens is 2. The molecule has 0 aromatic carbocycles. The SMILES string of the molecule is CN1CCN(C(=O)C(C)(C)n2c[c]cn2)CC1. The molecule has 0 unspecified atom stereocenters. The molecule has 5 heteroatoms. The van der Waals surface area contributed by atoms with Crippen LogP contribution in [0.2, 0.25) is 0 Å². The van der Waals surface area contributed by atoms with Gasteiger partial charge >= 0.3 is 0 Å². The van der Waals surface area contributed by atoms with E-state index in [2.05, 4.69) is 23.1 Å². The van der Waals surface area contributed by atoms with Crippen LogP contribution in [0.5, 0.6) is 0 Å². The van der Waals surface area contributed by atoms with Gasteiger partial charge < -0.3 is 9.80 Å². The Hall–Kier alpha value is -1.36. The first-order chi connectivity index (χ1) is 8.01. The van der Waals surface area contributed by atoms with Gasteiger partial charge in [-0.25, -0.2) is 0 Å². The van der Waals surface area contributed by atoms with Crippen LogP contribution in [0.3, 0.4) is 0 Å². The maximum Gasteiger partial charge on any atom is 0.250 e. The molecule has 1 aromatic rings. The number of rotatable bonds is 2. The van der Waals surface area contributed by atoms with Crippen LogP contribution in [-0.2, 0) is 10.3 Å². The van der Waals surface area contributed by atoms with Gasteiger partial charge in [0.15, 0.2) is 0 Å². The monoisotopic (exact) mass is 235 g/mol. The Kier molecular flexibility index (Phi) is 3.19. The number of nitrogens with zero attached hydrogens (tertiary/aromatic N) is 4. The topological polar surface area (TPSA) is 41.4 Å². The van der Waals surface area contributed by atoms with Crippen LogP contribution in [-0.4, -0.2) is 58.7 Å². The molecule has 1 fully saturated rings. The molecule has 0 spiro atoms. The molecule has 17 heavy (non-hydrogen) atoms. The Morgan fingerprint density at radius 2 is 1.94 bits per heavy atom. The maximum atomic E-state index is 12.5. The molecule has 93 valence electrons. The lowest BCUT2D eigenvalue weighted by molar-refractivity contribution is -0.141. The summed E-state index contributed by atoms with van der Waals surface area (Å²) in [4.78, 5) is 16.6. The number of likely N-dealkylation sites (N-methyl/N-ethyl adjacent to an activating group) is 1. The van der Waals surface area contributed by atoms with E-state index in [4.69, 9.17) is 0 Å². The van der Waals surface area contributed by atoms with Crippen molar-refractivity contribution in [2.75, 3.05) is 33.2 Å². The highest BCUT2D eigenvalue weighted by molar-refractivity contribution is 5.83. The zero-order valence-electron chi connectivity index (χ0n) is 10.7. The Morgan fingerprint density at radius 1 is 1.29 bits per heavy atom. The molecule has 0 bridgehead atoms. The molecule has 0 atom stereocenters. The van der Waals surface area contributed by atoms with E-state index < -0.39 is 5.54 Å². The normalized spacial score (nSPS) is 18.4. The van der Waals surface area contributed by atoms with E-state index in [1.165, 1.54) is 0 Å². The summed E-state index contributed by atoms with van der Waals surface area (Å²) in [5, 5.41) is 4.12. The van der Waals surface area contributed by atoms with Gasteiger partial charge in [-0.15, -0.1) is 0 Å². The summed E-state index contributed by atoms with van der Waals surface area (Å²) in [6.07, 6.45) is 3.30. The van der Waals surface area contributed by atoms with Gasteiger partial charge in [0.25, 0.3) is 0 Å². The third kappa shape index (κ3) is 2.34. The van der Waals surface area contributed by atoms with E-state index in [0.29, 0.717) is 0 Å². The van der Waals surface area contributed by atoms with Crippen molar-refractivity contribution in [3.05, 3.63) is 18.5 Å². The molecule has 2 heterocycles. The average Bonchev–Trinajstić information content (AvgIpc) is 2.83. The minimum atomic E-state index is -0.629. The predicted octanol–water partition coefficient (Wildman–Crippen LogP) is 0.192. The lowest BCUT2D eigenvalue weighted by atomic mass is 10.0. The molecular formula is C12H19N4O. The Balaban J connectivity index is 2.09. The van der Waals surface area contributed by atoms with Gasteiger partial charge in [0.2, 0.25) is 5.91 Å². The van der Waals surface area contributed by atoms with Gasteiger partial charge in [0.1, 0.15) is 5.54 Å². The fourth-order valence-electron chi connectivity index (χ4n) is 2.03. The van der Waals surface area contributed by atoms with Crippen molar-refractivity contribution >= 4 is 5.91 Å². The summed E-state index contributed by atoms with van der Waals surface area (Å²) < 4.78 is 1.67. The molecule has 1 aromatic heterocycles. The molecule has 1 aliphatic heterocycles. The molecule has 1 amide bonds. The third-order valence-corrected chi connectivity index (χ3v) is 3.34. The lowest BCUT2D eigenvalue weighted by Gasteiger charge is -2.37. The number of hydrogen-bond donors (Lipinski definition) is 0. The number of carbonyl (C=O) groups is 1. The summed E-state index contributed by atoms with van der Waals surface area (Å²) in [6.45, 7) is 7.26. The van der Waals surface area contributed by atoms with Crippen LogP contribution in [0.15, 0.2) is 12.4 Å². The summed E-state index contributed by atoms with van der Waals surface area (Å²) >= 11 is 0. The molecule has 0 aliphatic carbocycles. The van der Waals surface area contributed by atoms with Crippen LogP contribution in [0.1, 0.15) is 13.8 Å². The van der Waals surface area contributed by atoms with E-state index in [1.54, 1.807) is 17.1 Å². The second-order valence-corrected chi connectivity index (χ2v) is 5.04. The van der Waals surface area contributed by atoms with Crippen LogP contribution in [0, 0.1) is 6.07 Å². The van der Waals surface area contributed by atoms with Crippen LogP contribution < -0.4 is 0 Å².